The lowest BCUT2D eigenvalue weighted by molar-refractivity contribution is 0.0940. The minimum atomic E-state index is -0.0552. The molecule has 2 N–H and O–H groups in total. The van der Waals surface area contributed by atoms with E-state index in [4.69, 9.17) is 0 Å². The number of carbonyl (C=O) groups is 1. The van der Waals surface area contributed by atoms with E-state index in [-0.39, 0.29) is 11.9 Å². The highest BCUT2D eigenvalue weighted by molar-refractivity contribution is 5.95. The van der Waals surface area contributed by atoms with Crippen LogP contribution in [0.2, 0.25) is 0 Å². The number of amides is 1. The van der Waals surface area contributed by atoms with Gasteiger partial charge in [-0.05, 0) is 55.2 Å². The van der Waals surface area contributed by atoms with Gasteiger partial charge in [0.1, 0.15) is 0 Å². The Kier molecular flexibility index (Phi) is 3.86. The topological polar surface area (TPSA) is 54.0 Å². The third-order valence-corrected chi connectivity index (χ3v) is 3.84. The number of fused-ring (bicyclic) bond motifs is 1. The van der Waals surface area contributed by atoms with Crippen molar-refractivity contribution in [3.63, 3.8) is 0 Å². The number of hydrogen-bond donors (Lipinski definition) is 2. The zero-order valence-corrected chi connectivity index (χ0v) is 12.1. The molecule has 1 amide bonds. The maximum Gasteiger partial charge on any atom is 0.251 e. The van der Waals surface area contributed by atoms with Crippen LogP contribution in [0.1, 0.15) is 40.9 Å². The second kappa shape index (κ2) is 5.95. The molecule has 4 nitrogen and oxygen atoms in total. The van der Waals surface area contributed by atoms with Crippen LogP contribution < -0.4 is 10.6 Å². The maximum absolute atomic E-state index is 12.4. The van der Waals surface area contributed by atoms with Crippen molar-refractivity contribution in [2.45, 2.75) is 25.8 Å². The van der Waals surface area contributed by atoms with Gasteiger partial charge in [0, 0.05) is 30.2 Å². The minimum Gasteiger partial charge on any atom is -0.385 e. The normalized spacial score (nSPS) is 14.7. The summed E-state index contributed by atoms with van der Waals surface area (Å²) in [6.45, 7) is 2.98. The van der Waals surface area contributed by atoms with Gasteiger partial charge in [-0.2, -0.15) is 0 Å². The summed E-state index contributed by atoms with van der Waals surface area (Å²) < 4.78 is 0. The number of aryl methyl sites for hydroxylation is 1. The second-order valence-corrected chi connectivity index (χ2v) is 5.38. The SMILES string of the molecule is C[C@H](NC(=O)c1ccc2c(c1)CCCN2)c1cccnc1. The summed E-state index contributed by atoms with van der Waals surface area (Å²) in [6, 6.07) is 9.66. The van der Waals surface area contributed by atoms with E-state index in [1.54, 1.807) is 12.4 Å². The number of pyridine rings is 1. The molecule has 1 aromatic carbocycles. The molecule has 108 valence electrons. The van der Waals surface area contributed by atoms with Gasteiger partial charge < -0.3 is 10.6 Å². The van der Waals surface area contributed by atoms with E-state index in [1.807, 2.05) is 37.3 Å². The molecule has 1 aromatic heterocycles. The molecule has 0 fully saturated rings. The highest BCUT2D eigenvalue weighted by Gasteiger charge is 2.14. The summed E-state index contributed by atoms with van der Waals surface area (Å²) in [6.07, 6.45) is 5.65. The van der Waals surface area contributed by atoms with Crippen LogP contribution in [0.25, 0.3) is 0 Å². The molecule has 2 aromatic rings. The Morgan fingerprint density at radius 2 is 2.29 bits per heavy atom. The number of aromatic nitrogens is 1. The van der Waals surface area contributed by atoms with Gasteiger partial charge in [0.2, 0.25) is 0 Å². The molecule has 0 saturated carbocycles. The molecule has 1 aliphatic heterocycles. The van der Waals surface area contributed by atoms with E-state index in [9.17, 15) is 4.79 Å². The summed E-state index contributed by atoms with van der Waals surface area (Å²) >= 11 is 0. The fourth-order valence-electron chi connectivity index (χ4n) is 2.61. The lowest BCUT2D eigenvalue weighted by Gasteiger charge is -2.19. The smallest absolute Gasteiger partial charge is 0.251 e. The number of benzene rings is 1. The largest absolute Gasteiger partial charge is 0.385 e. The lowest BCUT2D eigenvalue weighted by atomic mass is 10.0. The Bertz CT molecular complexity index is 640. The lowest BCUT2D eigenvalue weighted by Crippen LogP contribution is -2.27. The van der Waals surface area contributed by atoms with Gasteiger partial charge in [0.15, 0.2) is 0 Å². The monoisotopic (exact) mass is 281 g/mol. The van der Waals surface area contributed by atoms with Crippen molar-refractivity contribution in [3.8, 4) is 0 Å². The third kappa shape index (κ3) is 3.05. The Morgan fingerprint density at radius 3 is 3.10 bits per heavy atom. The van der Waals surface area contributed by atoms with Crippen molar-refractivity contribution in [1.82, 2.24) is 10.3 Å². The zero-order valence-electron chi connectivity index (χ0n) is 12.1. The standard InChI is InChI=1S/C17H19N3O/c1-12(15-5-2-8-18-11-15)20-17(21)14-6-7-16-13(10-14)4-3-9-19-16/h2,5-8,10-12,19H,3-4,9H2,1H3,(H,20,21)/t12-/m0/s1. The Hall–Kier alpha value is -2.36. The fourth-order valence-corrected chi connectivity index (χ4v) is 2.61. The molecular weight excluding hydrogens is 262 g/mol. The van der Waals surface area contributed by atoms with Crippen LogP contribution in [0.15, 0.2) is 42.7 Å². The molecule has 0 radical (unpaired) electrons. The Morgan fingerprint density at radius 1 is 1.38 bits per heavy atom. The molecule has 0 spiro atoms. The van der Waals surface area contributed by atoms with Crippen LogP contribution in [0.4, 0.5) is 5.69 Å². The van der Waals surface area contributed by atoms with E-state index in [2.05, 4.69) is 15.6 Å². The summed E-state index contributed by atoms with van der Waals surface area (Å²) in [4.78, 5) is 16.4. The van der Waals surface area contributed by atoms with Crippen molar-refractivity contribution >= 4 is 11.6 Å². The molecule has 4 heteroatoms. The highest BCUT2D eigenvalue weighted by atomic mass is 16.1. The molecule has 1 aliphatic rings. The van der Waals surface area contributed by atoms with E-state index in [1.165, 1.54) is 5.56 Å². The van der Waals surface area contributed by atoms with Crippen LogP contribution in [0.5, 0.6) is 0 Å². The van der Waals surface area contributed by atoms with Crippen molar-refractivity contribution in [2.75, 3.05) is 11.9 Å². The van der Waals surface area contributed by atoms with Gasteiger partial charge in [-0.15, -0.1) is 0 Å². The van der Waals surface area contributed by atoms with Gasteiger partial charge >= 0.3 is 0 Å². The van der Waals surface area contributed by atoms with Gasteiger partial charge in [0.05, 0.1) is 6.04 Å². The number of nitrogens with one attached hydrogen (secondary N) is 2. The van der Waals surface area contributed by atoms with Gasteiger partial charge in [-0.3, -0.25) is 9.78 Å². The molecule has 1 atom stereocenters. The van der Waals surface area contributed by atoms with Crippen molar-refractivity contribution < 1.29 is 4.79 Å². The van der Waals surface area contributed by atoms with Crippen LogP contribution >= 0.6 is 0 Å². The average Bonchev–Trinajstić information content (AvgIpc) is 2.55. The van der Waals surface area contributed by atoms with E-state index in [0.29, 0.717) is 5.56 Å². The van der Waals surface area contributed by atoms with Crippen molar-refractivity contribution in [3.05, 3.63) is 59.4 Å². The molecule has 0 aliphatic carbocycles. The van der Waals surface area contributed by atoms with Crippen LogP contribution in [0, 0.1) is 0 Å². The number of rotatable bonds is 3. The van der Waals surface area contributed by atoms with Gasteiger partial charge in [-0.25, -0.2) is 0 Å². The molecule has 3 rings (SSSR count). The average molecular weight is 281 g/mol. The molecule has 0 bridgehead atoms. The van der Waals surface area contributed by atoms with Crippen LogP contribution in [-0.4, -0.2) is 17.4 Å². The van der Waals surface area contributed by atoms with Gasteiger partial charge in [0.25, 0.3) is 5.91 Å². The first-order chi connectivity index (χ1) is 10.2. The van der Waals surface area contributed by atoms with Crippen LogP contribution in [-0.2, 0) is 6.42 Å². The Balaban J connectivity index is 1.73. The summed E-state index contributed by atoms with van der Waals surface area (Å²) in [5.74, 6) is -0.0419. The zero-order chi connectivity index (χ0) is 14.7. The predicted molar refractivity (Wildman–Crippen MR) is 83.4 cm³/mol. The summed E-state index contributed by atoms with van der Waals surface area (Å²) in [7, 11) is 0. The second-order valence-electron chi connectivity index (χ2n) is 5.38. The third-order valence-electron chi connectivity index (χ3n) is 3.84. The first-order valence-corrected chi connectivity index (χ1v) is 7.31. The number of carbonyl (C=O) groups excluding carboxylic acids is 1. The number of nitrogens with zero attached hydrogens (tertiary/aromatic N) is 1. The first kappa shape index (κ1) is 13.6. The molecular formula is C17H19N3O. The molecule has 2 heterocycles. The quantitative estimate of drug-likeness (QED) is 0.909. The summed E-state index contributed by atoms with van der Waals surface area (Å²) in [5, 5.41) is 6.38. The van der Waals surface area contributed by atoms with E-state index < -0.39 is 0 Å². The first-order valence-electron chi connectivity index (χ1n) is 7.31. The fraction of sp³-hybridized carbons (Fsp3) is 0.294. The molecule has 0 saturated heterocycles. The van der Waals surface area contributed by atoms with E-state index >= 15 is 0 Å². The van der Waals surface area contributed by atoms with Gasteiger partial charge in [-0.1, -0.05) is 6.07 Å². The highest BCUT2D eigenvalue weighted by Crippen LogP contribution is 2.23. The molecule has 0 unspecified atom stereocenters. The minimum absolute atomic E-state index is 0.0419. The molecule has 21 heavy (non-hydrogen) atoms. The van der Waals surface area contributed by atoms with Crippen molar-refractivity contribution in [1.29, 1.82) is 0 Å². The maximum atomic E-state index is 12.4. The van der Waals surface area contributed by atoms with E-state index in [0.717, 1.165) is 30.6 Å². The number of anilines is 1. The number of hydrogen-bond acceptors (Lipinski definition) is 3. The predicted octanol–water partition coefficient (Wildman–Crippen LogP) is 2.93. The summed E-state index contributed by atoms with van der Waals surface area (Å²) in [5.41, 5.74) is 4.10. The Labute approximate surface area is 124 Å². The van der Waals surface area contributed by atoms with Crippen molar-refractivity contribution in [2.24, 2.45) is 0 Å². The van der Waals surface area contributed by atoms with Crippen LogP contribution in [0.3, 0.4) is 0 Å².